The van der Waals surface area contributed by atoms with Gasteiger partial charge in [0.25, 0.3) is 11.5 Å². The molecule has 2 unspecified atom stereocenters. The molecule has 2 atom stereocenters. The van der Waals surface area contributed by atoms with Gasteiger partial charge in [-0.05, 0) is 30.7 Å². The molecule has 1 aliphatic heterocycles. The van der Waals surface area contributed by atoms with Gasteiger partial charge in [-0.25, -0.2) is 4.79 Å². The number of hydrogen-bond acceptors (Lipinski definition) is 10. The fourth-order valence-corrected chi connectivity index (χ4v) is 3.40. The first-order valence-corrected chi connectivity index (χ1v) is 10.2. The van der Waals surface area contributed by atoms with Crippen molar-refractivity contribution in [2.75, 3.05) is 34.8 Å². The molecule has 0 saturated heterocycles. The summed E-state index contributed by atoms with van der Waals surface area (Å²) in [6, 6.07) is 4.54. The van der Waals surface area contributed by atoms with Crippen molar-refractivity contribution in [3.05, 3.63) is 40.2 Å². The van der Waals surface area contributed by atoms with Crippen LogP contribution in [-0.4, -0.2) is 74.4 Å². The Labute approximate surface area is 192 Å². The molecular formula is C20H24N8O6. The molecule has 1 amide bonds. The molecule has 0 radical (unpaired) electrons. The van der Waals surface area contributed by atoms with Gasteiger partial charge >= 0.3 is 11.9 Å². The summed E-state index contributed by atoms with van der Waals surface area (Å²) >= 11 is 0. The minimum atomic E-state index is -1.47. The number of aliphatic carboxylic acids is 2. The highest BCUT2D eigenvalue weighted by Crippen LogP contribution is 2.20. The maximum Gasteiger partial charge on any atom is 0.326 e. The van der Waals surface area contributed by atoms with Gasteiger partial charge in [-0.15, -0.1) is 0 Å². The maximum absolute atomic E-state index is 12.7. The van der Waals surface area contributed by atoms with Gasteiger partial charge in [0.15, 0.2) is 5.82 Å². The van der Waals surface area contributed by atoms with Crippen LogP contribution in [0.2, 0.25) is 0 Å². The summed E-state index contributed by atoms with van der Waals surface area (Å²) in [6.45, 7) is 0.903. The summed E-state index contributed by atoms with van der Waals surface area (Å²) < 4.78 is 0. The van der Waals surface area contributed by atoms with Crippen molar-refractivity contribution < 1.29 is 24.6 Å². The number of nitrogen functional groups attached to an aromatic ring is 1. The van der Waals surface area contributed by atoms with Crippen LogP contribution in [0.15, 0.2) is 29.1 Å². The van der Waals surface area contributed by atoms with E-state index in [9.17, 15) is 24.3 Å². The number of anilines is 4. The largest absolute Gasteiger partial charge is 0.481 e. The zero-order valence-corrected chi connectivity index (χ0v) is 17.9. The van der Waals surface area contributed by atoms with Crippen LogP contribution in [0.25, 0.3) is 0 Å². The van der Waals surface area contributed by atoms with Gasteiger partial charge < -0.3 is 31.9 Å². The Balaban J connectivity index is 1.62. The summed E-state index contributed by atoms with van der Waals surface area (Å²) in [7, 11) is 0. The summed E-state index contributed by atoms with van der Waals surface area (Å²) in [5.41, 5.74) is 6.23. The van der Waals surface area contributed by atoms with Gasteiger partial charge in [0.05, 0.1) is 12.4 Å². The topological polar surface area (TPSA) is 227 Å². The Hall–Kier alpha value is -4.62. The van der Waals surface area contributed by atoms with Crippen molar-refractivity contribution in [3.8, 4) is 0 Å². The number of carboxylic acid groups (broad SMARTS) is 2. The molecule has 9 N–H and O–H groups in total. The number of hydrogen-bond donors (Lipinski definition) is 8. The molecule has 1 aromatic heterocycles. The summed E-state index contributed by atoms with van der Waals surface area (Å²) in [6.07, 6.45) is -0.206. The predicted molar refractivity (Wildman–Crippen MR) is 123 cm³/mol. The number of nitrogens with two attached hydrogens (primary N) is 1. The van der Waals surface area contributed by atoms with Crippen molar-refractivity contribution >= 4 is 47.3 Å². The van der Waals surface area contributed by atoms with Gasteiger partial charge in [-0.3, -0.25) is 29.7 Å². The zero-order chi connectivity index (χ0) is 24.8. The van der Waals surface area contributed by atoms with Crippen LogP contribution in [0, 0.1) is 5.41 Å². The van der Waals surface area contributed by atoms with Gasteiger partial charge in [0.1, 0.15) is 11.7 Å². The molecule has 0 saturated carbocycles. The van der Waals surface area contributed by atoms with E-state index < -0.39 is 30.3 Å². The average molecular weight is 472 g/mol. The molecule has 0 aliphatic carbocycles. The first-order valence-electron chi connectivity index (χ1n) is 10.2. The first-order chi connectivity index (χ1) is 16.2. The van der Waals surface area contributed by atoms with Gasteiger partial charge in [0.2, 0.25) is 5.95 Å². The van der Waals surface area contributed by atoms with Crippen LogP contribution in [0.1, 0.15) is 23.2 Å². The second-order valence-corrected chi connectivity index (χ2v) is 7.48. The summed E-state index contributed by atoms with van der Waals surface area (Å²) in [4.78, 5) is 54.2. The maximum atomic E-state index is 12.7. The van der Waals surface area contributed by atoms with Crippen LogP contribution >= 0.6 is 0 Å². The number of nitrogens with zero attached hydrogens (tertiary/aromatic N) is 2. The molecule has 0 bridgehead atoms. The highest BCUT2D eigenvalue weighted by atomic mass is 16.4. The standard InChI is InChI=1S/C20H24N8O6/c21-9-28(13(19(33)34)5-6-14(29)30)18(32)10-1-3-11(4-2-10)23-7-12-8-24-16-15(25-12)17(31)27-20(22)26-16/h1-4,9,12-13,21,23,25H,5-8H2,(H,29,30)(H,33,34)(H4,22,24,26,27,31). The van der Waals surface area contributed by atoms with Gasteiger partial charge in [0, 0.05) is 30.8 Å². The molecule has 1 aromatic carbocycles. The SMILES string of the molecule is N=CN(C(=O)c1ccc(NCC2CNc3nc(N)[nH]c(=O)c3N2)cc1)C(CCC(=O)O)C(=O)O. The molecule has 34 heavy (non-hydrogen) atoms. The molecule has 0 fully saturated rings. The Morgan fingerprint density at radius 2 is 2.00 bits per heavy atom. The number of carboxylic acids is 2. The zero-order valence-electron chi connectivity index (χ0n) is 17.9. The van der Waals surface area contributed by atoms with E-state index in [0.29, 0.717) is 35.8 Å². The van der Waals surface area contributed by atoms with E-state index >= 15 is 0 Å². The van der Waals surface area contributed by atoms with Crippen molar-refractivity contribution in [1.82, 2.24) is 14.9 Å². The fourth-order valence-electron chi connectivity index (χ4n) is 3.40. The molecule has 2 aromatic rings. The molecule has 2 heterocycles. The lowest BCUT2D eigenvalue weighted by Gasteiger charge is -2.27. The second kappa shape index (κ2) is 10.3. The third-order valence-corrected chi connectivity index (χ3v) is 5.11. The normalized spacial score (nSPS) is 15.1. The van der Waals surface area contributed by atoms with Crippen molar-refractivity contribution in [3.63, 3.8) is 0 Å². The van der Waals surface area contributed by atoms with Gasteiger partial charge in [-0.1, -0.05) is 0 Å². The number of aromatic nitrogens is 2. The lowest BCUT2D eigenvalue weighted by Crippen LogP contribution is -2.44. The Kier molecular flexibility index (Phi) is 7.30. The lowest BCUT2D eigenvalue weighted by molar-refractivity contribution is -0.142. The molecule has 3 rings (SSSR count). The molecule has 0 spiro atoms. The molecule has 180 valence electrons. The monoisotopic (exact) mass is 472 g/mol. The Bertz CT molecular complexity index is 1150. The van der Waals surface area contributed by atoms with Crippen molar-refractivity contribution in [2.45, 2.75) is 24.9 Å². The Morgan fingerprint density at radius 3 is 2.62 bits per heavy atom. The van der Waals surface area contributed by atoms with E-state index in [1.54, 1.807) is 12.1 Å². The molecule has 1 aliphatic rings. The number of amides is 1. The van der Waals surface area contributed by atoms with Crippen LogP contribution in [-0.2, 0) is 9.59 Å². The number of carbonyl (C=O) groups is 3. The van der Waals surface area contributed by atoms with E-state index in [-0.39, 0.29) is 35.2 Å². The molecule has 14 nitrogen and oxygen atoms in total. The third-order valence-electron chi connectivity index (χ3n) is 5.11. The van der Waals surface area contributed by atoms with Crippen LogP contribution in [0.5, 0.6) is 0 Å². The highest BCUT2D eigenvalue weighted by Gasteiger charge is 2.29. The first kappa shape index (κ1) is 24.0. The van der Waals surface area contributed by atoms with Crippen molar-refractivity contribution in [2.24, 2.45) is 0 Å². The third kappa shape index (κ3) is 5.59. The number of nitrogens with one attached hydrogen (secondary N) is 5. The van der Waals surface area contributed by atoms with Gasteiger partial charge in [-0.2, -0.15) is 4.98 Å². The minimum Gasteiger partial charge on any atom is -0.481 e. The number of benzene rings is 1. The number of fused-ring (bicyclic) bond motifs is 1. The quantitative estimate of drug-likeness (QED) is 0.170. The second-order valence-electron chi connectivity index (χ2n) is 7.48. The van der Waals surface area contributed by atoms with Crippen LogP contribution in [0.4, 0.5) is 23.1 Å². The average Bonchev–Trinajstić information content (AvgIpc) is 2.80. The fraction of sp³-hybridized carbons (Fsp3) is 0.300. The number of H-pyrrole nitrogens is 1. The van der Waals surface area contributed by atoms with E-state index in [2.05, 4.69) is 25.9 Å². The summed E-state index contributed by atoms with van der Waals surface area (Å²) in [5, 5.41) is 34.9. The number of aromatic amines is 1. The van der Waals surface area contributed by atoms with Crippen LogP contribution < -0.4 is 27.2 Å². The molecule has 14 heteroatoms. The molecular weight excluding hydrogens is 448 g/mol. The predicted octanol–water partition coefficient (Wildman–Crippen LogP) is 0.0375. The lowest BCUT2D eigenvalue weighted by atomic mass is 10.1. The van der Waals surface area contributed by atoms with Crippen LogP contribution in [0.3, 0.4) is 0 Å². The van der Waals surface area contributed by atoms with E-state index in [1.165, 1.54) is 12.1 Å². The Morgan fingerprint density at radius 1 is 1.29 bits per heavy atom. The van der Waals surface area contributed by atoms with E-state index in [4.69, 9.17) is 16.2 Å². The van der Waals surface area contributed by atoms with Crippen molar-refractivity contribution in [1.29, 1.82) is 5.41 Å². The highest BCUT2D eigenvalue weighted by molar-refractivity contribution is 6.03. The van der Waals surface area contributed by atoms with E-state index in [1.807, 2.05) is 0 Å². The summed E-state index contributed by atoms with van der Waals surface area (Å²) in [5.74, 6) is -2.94. The minimum absolute atomic E-state index is 0.0161. The number of carbonyl (C=O) groups excluding carboxylic acids is 1. The smallest absolute Gasteiger partial charge is 0.326 e. The number of rotatable bonds is 10. The van der Waals surface area contributed by atoms with E-state index in [0.717, 1.165) is 0 Å².